The topological polar surface area (TPSA) is 80.6 Å². The average molecular weight is 406 g/mol. The molecule has 3 rings (SSSR count). The van der Waals surface area contributed by atoms with E-state index in [1.54, 1.807) is 42.7 Å². The molecule has 2 amide bonds. The molecule has 0 aliphatic heterocycles. The number of carbonyl (C=O) groups excluding carboxylic acids is 2. The Labute approximate surface area is 176 Å². The molecule has 0 aliphatic rings. The van der Waals surface area contributed by atoms with Crippen LogP contribution in [0.1, 0.15) is 42.5 Å². The number of amides is 2. The molecule has 0 saturated heterocycles. The molecule has 0 fully saturated rings. The van der Waals surface area contributed by atoms with E-state index < -0.39 is 0 Å². The van der Waals surface area contributed by atoms with Crippen LogP contribution in [0.25, 0.3) is 0 Å². The van der Waals surface area contributed by atoms with Crippen LogP contribution in [0.5, 0.6) is 5.75 Å². The van der Waals surface area contributed by atoms with E-state index in [1.165, 1.54) is 0 Å². The van der Waals surface area contributed by atoms with Crippen molar-refractivity contribution in [3.05, 3.63) is 83.8 Å². The molecule has 3 aromatic rings. The zero-order valence-corrected chi connectivity index (χ0v) is 17.4. The van der Waals surface area contributed by atoms with Gasteiger partial charge in [0.1, 0.15) is 11.5 Å². The lowest BCUT2D eigenvalue weighted by atomic mass is 9.86. The second-order valence-corrected chi connectivity index (χ2v) is 7.92. The summed E-state index contributed by atoms with van der Waals surface area (Å²) >= 11 is 0. The third-order valence-corrected chi connectivity index (χ3v) is 4.49. The van der Waals surface area contributed by atoms with Gasteiger partial charge in [-0.15, -0.1) is 0 Å². The van der Waals surface area contributed by atoms with Crippen molar-refractivity contribution in [2.24, 2.45) is 0 Å². The maximum absolute atomic E-state index is 12.3. The highest BCUT2D eigenvalue weighted by atomic mass is 16.5. The standard InChI is InChI=1S/C24H26N2O4/c1-24(2,3)20-8-4-5-9-21(20)30-16-22(27)26-18-12-10-17(11-13-18)23(28)25-15-19-7-6-14-29-19/h4-14H,15-16H2,1-3H3,(H,25,28)(H,26,27). The first-order valence-corrected chi connectivity index (χ1v) is 9.76. The smallest absolute Gasteiger partial charge is 0.262 e. The van der Waals surface area contributed by atoms with Crippen molar-refractivity contribution in [1.29, 1.82) is 0 Å². The molecular formula is C24H26N2O4. The first kappa shape index (κ1) is 21.2. The van der Waals surface area contributed by atoms with Crippen LogP contribution in [0, 0.1) is 0 Å². The summed E-state index contributed by atoms with van der Waals surface area (Å²) in [6.07, 6.45) is 1.56. The summed E-state index contributed by atoms with van der Waals surface area (Å²) in [5.41, 5.74) is 2.05. The molecule has 2 aromatic carbocycles. The van der Waals surface area contributed by atoms with Gasteiger partial charge < -0.3 is 19.8 Å². The predicted molar refractivity (Wildman–Crippen MR) is 116 cm³/mol. The van der Waals surface area contributed by atoms with Gasteiger partial charge in [-0.05, 0) is 53.4 Å². The summed E-state index contributed by atoms with van der Waals surface area (Å²) in [4.78, 5) is 24.5. The first-order valence-electron chi connectivity index (χ1n) is 9.76. The summed E-state index contributed by atoms with van der Waals surface area (Å²) in [5, 5.41) is 5.56. The highest BCUT2D eigenvalue weighted by molar-refractivity contribution is 5.96. The van der Waals surface area contributed by atoms with Crippen LogP contribution in [0.2, 0.25) is 0 Å². The number of ether oxygens (including phenoxy) is 1. The fraction of sp³-hybridized carbons (Fsp3) is 0.250. The normalized spacial score (nSPS) is 11.0. The highest BCUT2D eigenvalue weighted by Crippen LogP contribution is 2.30. The highest BCUT2D eigenvalue weighted by Gasteiger charge is 2.19. The fourth-order valence-electron chi connectivity index (χ4n) is 2.94. The molecule has 1 aromatic heterocycles. The predicted octanol–water partition coefficient (Wildman–Crippen LogP) is 4.52. The first-order chi connectivity index (χ1) is 14.3. The second-order valence-electron chi connectivity index (χ2n) is 7.92. The minimum Gasteiger partial charge on any atom is -0.483 e. The van der Waals surface area contributed by atoms with Crippen LogP contribution in [-0.2, 0) is 16.8 Å². The van der Waals surface area contributed by atoms with Gasteiger partial charge in [-0.1, -0.05) is 39.0 Å². The molecule has 0 bridgehead atoms. The molecule has 6 heteroatoms. The third-order valence-electron chi connectivity index (χ3n) is 4.49. The van der Waals surface area contributed by atoms with Crippen molar-refractivity contribution in [3.63, 3.8) is 0 Å². The second kappa shape index (κ2) is 9.31. The Bertz CT molecular complexity index is 987. The summed E-state index contributed by atoms with van der Waals surface area (Å²) in [7, 11) is 0. The van der Waals surface area contributed by atoms with E-state index in [2.05, 4.69) is 31.4 Å². The Balaban J connectivity index is 1.52. The van der Waals surface area contributed by atoms with Gasteiger partial charge in [0.25, 0.3) is 11.8 Å². The van der Waals surface area contributed by atoms with E-state index in [9.17, 15) is 9.59 Å². The molecule has 2 N–H and O–H groups in total. The van der Waals surface area contributed by atoms with Gasteiger partial charge >= 0.3 is 0 Å². The van der Waals surface area contributed by atoms with Crippen LogP contribution in [0.4, 0.5) is 5.69 Å². The Morgan fingerprint density at radius 3 is 2.37 bits per heavy atom. The SMILES string of the molecule is CC(C)(C)c1ccccc1OCC(=O)Nc1ccc(C(=O)NCc2ccco2)cc1. The van der Waals surface area contributed by atoms with Crippen molar-refractivity contribution < 1.29 is 18.7 Å². The third kappa shape index (κ3) is 5.73. The lowest BCUT2D eigenvalue weighted by Crippen LogP contribution is -2.23. The summed E-state index contributed by atoms with van der Waals surface area (Å²) < 4.78 is 10.9. The number of hydrogen-bond acceptors (Lipinski definition) is 4. The van der Waals surface area contributed by atoms with E-state index in [-0.39, 0.29) is 23.8 Å². The van der Waals surface area contributed by atoms with E-state index in [1.807, 2.05) is 24.3 Å². The van der Waals surface area contributed by atoms with Crippen molar-refractivity contribution >= 4 is 17.5 Å². The van der Waals surface area contributed by atoms with Gasteiger partial charge in [0.15, 0.2) is 6.61 Å². The molecule has 0 unspecified atom stereocenters. The number of rotatable bonds is 7. The minimum atomic E-state index is -0.270. The summed E-state index contributed by atoms with van der Waals surface area (Å²) in [5.74, 6) is 0.893. The minimum absolute atomic E-state index is 0.0829. The average Bonchev–Trinajstić information content (AvgIpc) is 3.24. The number of hydrogen-bond donors (Lipinski definition) is 2. The molecule has 0 saturated carbocycles. The van der Waals surface area contributed by atoms with Crippen molar-refractivity contribution in [3.8, 4) is 5.75 Å². The molecular weight excluding hydrogens is 380 g/mol. The van der Waals surface area contributed by atoms with Crippen molar-refractivity contribution in [2.45, 2.75) is 32.7 Å². The number of benzene rings is 2. The summed E-state index contributed by atoms with van der Waals surface area (Å²) in [6, 6.07) is 18.0. The van der Waals surface area contributed by atoms with Crippen molar-refractivity contribution in [1.82, 2.24) is 5.32 Å². The Morgan fingerprint density at radius 1 is 0.967 bits per heavy atom. The molecule has 0 atom stereocenters. The molecule has 0 radical (unpaired) electrons. The van der Waals surface area contributed by atoms with Gasteiger partial charge in [0.2, 0.25) is 0 Å². The zero-order valence-electron chi connectivity index (χ0n) is 17.4. The Kier molecular flexibility index (Phi) is 6.57. The molecule has 1 heterocycles. The summed E-state index contributed by atoms with van der Waals surface area (Å²) in [6.45, 7) is 6.51. The molecule has 6 nitrogen and oxygen atoms in total. The van der Waals surface area contributed by atoms with Crippen LogP contribution >= 0.6 is 0 Å². The zero-order chi connectivity index (χ0) is 21.6. The van der Waals surface area contributed by atoms with E-state index >= 15 is 0 Å². The van der Waals surface area contributed by atoms with Crippen LogP contribution in [-0.4, -0.2) is 18.4 Å². The maximum Gasteiger partial charge on any atom is 0.262 e. The van der Waals surface area contributed by atoms with Gasteiger partial charge in [-0.25, -0.2) is 0 Å². The van der Waals surface area contributed by atoms with E-state index in [0.717, 1.165) is 5.56 Å². The quantitative estimate of drug-likeness (QED) is 0.604. The van der Waals surface area contributed by atoms with Gasteiger partial charge in [-0.3, -0.25) is 9.59 Å². The Morgan fingerprint density at radius 2 is 1.70 bits per heavy atom. The van der Waals surface area contributed by atoms with Gasteiger partial charge in [0, 0.05) is 11.3 Å². The molecule has 0 spiro atoms. The molecule has 30 heavy (non-hydrogen) atoms. The largest absolute Gasteiger partial charge is 0.483 e. The lowest BCUT2D eigenvalue weighted by molar-refractivity contribution is -0.118. The molecule has 0 aliphatic carbocycles. The lowest BCUT2D eigenvalue weighted by Gasteiger charge is -2.22. The van der Waals surface area contributed by atoms with Crippen LogP contribution < -0.4 is 15.4 Å². The fourth-order valence-corrected chi connectivity index (χ4v) is 2.94. The van der Waals surface area contributed by atoms with Crippen LogP contribution in [0.3, 0.4) is 0 Å². The van der Waals surface area contributed by atoms with E-state index in [4.69, 9.17) is 9.15 Å². The molecule has 156 valence electrons. The number of anilines is 1. The van der Waals surface area contributed by atoms with Crippen LogP contribution in [0.15, 0.2) is 71.3 Å². The Hall–Kier alpha value is -3.54. The van der Waals surface area contributed by atoms with Gasteiger partial charge in [0.05, 0.1) is 12.8 Å². The van der Waals surface area contributed by atoms with Gasteiger partial charge in [-0.2, -0.15) is 0 Å². The monoisotopic (exact) mass is 406 g/mol. The number of furan rings is 1. The maximum atomic E-state index is 12.3. The van der Waals surface area contributed by atoms with Crippen molar-refractivity contribution in [2.75, 3.05) is 11.9 Å². The van der Waals surface area contributed by atoms with E-state index in [0.29, 0.717) is 29.3 Å². The number of nitrogens with one attached hydrogen (secondary N) is 2. The number of carbonyl (C=O) groups is 2. The number of para-hydroxylation sites is 1.